The van der Waals surface area contributed by atoms with Gasteiger partial charge < -0.3 is 9.47 Å². The lowest BCUT2D eigenvalue weighted by molar-refractivity contribution is 0.102. The van der Waals surface area contributed by atoms with E-state index in [4.69, 9.17) is 9.47 Å². The first-order valence-electron chi connectivity index (χ1n) is 6.08. The number of amides is 1. The highest BCUT2D eigenvalue weighted by molar-refractivity contribution is 9.10. The van der Waals surface area contributed by atoms with E-state index in [1.54, 1.807) is 12.1 Å². The molecule has 1 N–H and O–H groups in total. The first-order chi connectivity index (χ1) is 10.0. The fraction of sp³-hybridized carbons (Fsp3) is 0.214. The van der Waals surface area contributed by atoms with Crippen molar-refractivity contribution in [3.63, 3.8) is 0 Å². The summed E-state index contributed by atoms with van der Waals surface area (Å²) in [6.45, 7) is 1.91. The fourth-order valence-electron chi connectivity index (χ4n) is 1.63. The molecule has 0 bridgehead atoms. The van der Waals surface area contributed by atoms with E-state index in [-0.39, 0.29) is 11.9 Å². The molecular formula is C14H14BrN3O3. The third kappa shape index (κ3) is 3.69. The number of benzene rings is 1. The maximum absolute atomic E-state index is 12.2. The van der Waals surface area contributed by atoms with Gasteiger partial charge in [-0.15, -0.1) is 0 Å². The molecule has 0 saturated heterocycles. The summed E-state index contributed by atoms with van der Waals surface area (Å²) in [5, 5.41) is 2.62. The lowest BCUT2D eigenvalue weighted by Gasteiger charge is -2.08. The minimum atomic E-state index is -0.305. The summed E-state index contributed by atoms with van der Waals surface area (Å²) < 4.78 is 11.0. The van der Waals surface area contributed by atoms with E-state index in [9.17, 15) is 4.79 Å². The number of aromatic nitrogens is 2. The van der Waals surface area contributed by atoms with Gasteiger partial charge in [-0.3, -0.25) is 10.1 Å². The summed E-state index contributed by atoms with van der Waals surface area (Å²) in [5.41, 5.74) is 1.48. The Labute approximate surface area is 130 Å². The van der Waals surface area contributed by atoms with Gasteiger partial charge in [0.15, 0.2) is 0 Å². The molecule has 0 saturated carbocycles. The van der Waals surface area contributed by atoms with Crippen LogP contribution in [0.1, 0.15) is 15.9 Å². The summed E-state index contributed by atoms with van der Waals surface area (Å²) >= 11 is 3.39. The monoisotopic (exact) mass is 351 g/mol. The predicted octanol–water partition coefficient (Wildman–Crippen LogP) is 2.82. The van der Waals surface area contributed by atoms with E-state index in [0.717, 1.165) is 10.0 Å². The van der Waals surface area contributed by atoms with Crippen LogP contribution in [0.2, 0.25) is 0 Å². The van der Waals surface area contributed by atoms with Crippen molar-refractivity contribution < 1.29 is 14.3 Å². The smallest absolute Gasteiger partial charge is 0.258 e. The maximum atomic E-state index is 12.2. The van der Waals surface area contributed by atoms with E-state index in [1.165, 1.54) is 20.3 Å². The summed E-state index contributed by atoms with van der Waals surface area (Å²) in [7, 11) is 2.96. The van der Waals surface area contributed by atoms with Crippen molar-refractivity contribution >= 4 is 27.8 Å². The summed E-state index contributed by atoms with van der Waals surface area (Å²) in [5.74, 6) is 0.436. The van der Waals surface area contributed by atoms with Crippen molar-refractivity contribution in [2.75, 3.05) is 19.5 Å². The molecule has 110 valence electrons. The largest absolute Gasteiger partial charge is 0.481 e. The molecule has 0 aliphatic rings. The fourth-order valence-corrected chi connectivity index (χ4v) is 1.88. The second-order valence-corrected chi connectivity index (χ2v) is 5.05. The molecule has 0 fully saturated rings. The van der Waals surface area contributed by atoms with Gasteiger partial charge in [-0.2, -0.15) is 9.97 Å². The van der Waals surface area contributed by atoms with Crippen LogP contribution in [0, 0.1) is 6.92 Å². The summed E-state index contributed by atoms with van der Waals surface area (Å²) in [6, 6.07) is 6.83. The molecular weight excluding hydrogens is 338 g/mol. The van der Waals surface area contributed by atoms with Crippen LogP contribution >= 0.6 is 15.9 Å². The highest BCUT2D eigenvalue weighted by atomic mass is 79.9. The zero-order valence-corrected chi connectivity index (χ0v) is 13.4. The van der Waals surface area contributed by atoms with Crippen LogP contribution in [0.5, 0.6) is 11.8 Å². The zero-order valence-electron chi connectivity index (χ0n) is 11.8. The second-order valence-electron chi connectivity index (χ2n) is 4.19. The average molecular weight is 352 g/mol. The third-order valence-electron chi connectivity index (χ3n) is 2.74. The molecule has 6 nitrogen and oxygen atoms in total. The molecule has 0 aliphatic carbocycles. The van der Waals surface area contributed by atoms with Crippen LogP contribution in [-0.4, -0.2) is 30.1 Å². The van der Waals surface area contributed by atoms with Gasteiger partial charge in [0.05, 0.1) is 20.3 Å². The lowest BCUT2D eigenvalue weighted by Crippen LogP contribution is -2.15. The van der Waals surface area contributed by atoms with Gasteiger partial charge in [-0.05, 0) is 30.7 Å². The number of halogens is 1. The molecule has 7 heteroatoms. The normalized spacial score (nSPS) is 10.1. The van der Waals surface area contributed by atoms with Crippen LogP contribution in [0.15, 0.2) is 28.7 Å². The Bertz CT molecular complexity index is 654. The molecule has 0 radical (unpaired) electrons. The van der Waals surface area contributed by atoms with Crippen molar-refractivity contribution in [3.05, 3.63) is 39.9 Å². The van der Waals surface area contributed by atoms with Gasteiger partial charge in [0.2, 0.25) is 17.7 Å². The SMILES string of the molecule is COc1cc(OC)nc(NC(=O)c2ccc(Br)c(C)c2)n1. The number of rotatable bonds is 4. The van der Waals surface area contributed by atoms with Crippen molar-refractivity contribution in [2.45, 2.75) is 6.92 Å². The van der Waals surface area contributed by atoms with Crippen molar-refractivity contribution in [2.24, 2.45) is 0 Å². The van der Waals surface area contributed by atoms with Crippen LogP contribution in [0.25, 0.3) is 0 Å². The molecule has 1 aromatic carbocycles. The first-order valence-corrected chi connectivity index (χ1v) is 6.87. The first kappa shape index (κ1) is 15.2. The number of ether oxygens (including phenoxy) is 2. The van der Waals surface area contributed by atoms with Gasteiger partial charge in [0.25, 0.3) is 5.91 Å². The summed E-state index contributed by atoms with van der Waals surface area (Å²) in [6.07, 6.45) is 0. The quantitative estimate of drug-likeness (QED) is 0.916. The van der Waals surface area contributed by atoms with Crippen LogP contribution < -0.4 is 14.8 Å². The highest BCUT2D eigenvalue weighted by Gasteiger charge is 2.11. The molecule has 2 aromatic rings. The Morgan fingerprint density at radius 1 is 1.14 bits per heavy atom. The summed E-state index contributed by atoms with van der Waals surface area (Å²) in [4.78, 5) is 20.3. The van der Waals surface area contributed by atoms with E-state index in [0.29, 0.717) is 17.3 Å². The van der Waals surface area contributed by atoms with E-state index in [1.807, 2.05) is 13.0 Å². The van der Waals surface area contributed by atoms with Gasteiger partial charge in [-0.25, -0.2) is 0 Å². The van der Waals surface area contributed by atoms with Crippen LogP contribution in [0.4, 0.5) is 5.95 Å². The van der Waals surface area contributed by atoms with Gasteiger partial charge >= 0.3 is 0 Å². The molecule has 1 amide bonds. The number of nitrogens with zero attached hydrogens (tertiary/aromatic N) is 2. The molecule has 1 aromatic heterocycles. The Kier molecular flexibility index (Phi) is 4.74. The van der Waals surface area contributed by atoms with Crippen LogP contribution in [0.3, 0.4) is 0 Å². The third-order valence-corrected chi connectivity index (χ3v) is 3.63. The van der Waals surface area contributed by atoms with E-state index in [2.05, 4.69) is 31.2 Å². The lowest BCUT2D eigenvalue weighted by atomic mass is 10.1. The van der Waals surface area contributed by atoms with Crippen LogP contribution in [-0.2, 0) is 0 Å². The van der Waals surface area contributed by atoms with Gasteiger partial charge in [0.1, 0.15) is 0 Å². The number of carbonyl (C=O) groups is 1. The van der Waals surface area contributed by atoms with Crippen molar-refractivity contribution in [1.82, 2.24) is 9.97 Å². The Hall–Kier alpha value is -2.15. The number of carbonyl (C=O) groups excluding carboxylic acids is 1. The predicted molar refractivity (Wildman–Crippen MR) is 82.0 cm³/mol. The number of hydrogen-bond donors (Lipinski definition) is 1. The number of hydrogen-bond acceptors (Lipinski definition) is 5. The highest BCUT2D eigenvalue weighted by Crippen LogP contribution is 2.20. The Morgan fingerprint density at radius 3 is 2.29 bits per heavy atom. The van der Waals surface area contributed by atoms with Gasteiger partial charge in [0, 0.05) is 10.0 Å². The van der Waals surface area contributed by atoms with Gasteiger partial charge in [-0.1, -0.05) is 15.9 Å². The minimum Gasteiger partial charge on any atom is -0.481 e. The molecule has 1 heterocycles. The zero-order chi connectivity index (χ0) is 15.4. The minimum absolute atomic E-state index is 0.122. The van der Waals surface area contributed by atoms with E-state index >= 15 is 0 Å². The molecule has 0 aliphatic heterocycles. The molecule has 0 spiro atoms. The standard InChI is InChI=1S/C14H14BrN3O3/c1-8-6-9(4-5-10(8)15)13(19)18-14-16-11(20-2)7-12(17-14)21-3/h4-7H,1-3H3,(H,16,17,18,19). The van der Waals surface area contributed by atoms with Crippen molar-refractivity contribution in [3.8, 4) is 11.8 Å². The Balaban J connectivity index is 2.24. The number of nitrogens with one attached hydrogen (secondary N) is 1. The Morgan fingerprint density at radius 2 is 1.76 bits per heavy atom. The molecule has 0 unspecified atom stereocenters. The maximum Gasteiger partial charge on any atom is 0.258 e. The number of methoxy groups -OCH3 is 2. The average Bonchev–Trinajstić information content (AvgIpc) is 2.49. The molecule has 2 rings (SSSR count). The number of anilines is 1. The van der Waals surface area contributed by atoms with Crippen molar-refractivity contribution in [1.29, 1.82) is 0 Å². The molecule has 21 heavy (non-hydrogen) atoms. The number of aryl methyl sites for hydroxylation is 1. The second kappa shape index (κ2) is 6.53. The molecule has 0 atom stereocenters. The van der Waals surface area contributed by atoms with E-state index < -0.39 is 0 Å². The topological polar surface area (TPSA) is 73.3 Å².